The van der Waals surface area contributed by atoms with E-state index >= 15 is 0 Å². The SMILES string of the molecule is Cc1cc(Nc2cc(C)c(F)cn2)nc(-c2cnc([C@@]3(O)CCC(C(=O)O)[C@H](C)C3)s2)c1. The summed E-state index contributed by atoms with van der Waals surface area (Å²) in [7, 11) is 0. The number of aliphatic carboxylic acids is 1. The fourth-order valence-corrected chi connectivity index (χ4v) is 5.22. The zero-order chi connectivity index (χ0) is 23.0. The first kappa shape index (κ1) is 22.3. The van der Waals surface area contributed by atoms with Crippen molar-refractivity contribution < 1.29 is 19.4 Å². The van der Waals surface area contributed by atoms with Gasteiger partial charge in [0.2, 0.25) is 0 Å². The molecule has 1 aliphatic rings. The lowest BCUT2D eigenvalue weighted by Crippen LogP contribution is -2.38. The van der Waals surface area contributed by atoms with Gasteiger partial charge >= 0.3 is 5.97 Å². The summed E-state index contributed by atoms with van der Waals surface area (Å²) in [5, 5.41) is 24.3. The van der Waals surface area contributed by atoms with Crippen LogP contribution in [0.5, 0.6) is 0 Å². The van der Waals surface area contributed by atoms with Crippen LogP contribution in [0.3, 0.4) is 0 Å². The molecule has 0 aliphatic heterocycles. The third-order valence-electron chi connectivity index (χ3n) is 5.96. The molecule has 168 valence electrons. The zero-order valence-corrected chi connectivity index (χ0v) is 18.9. The van der Waals surface area contributed by atoms with E-state index in [-0.39, 0.29) is 11.7 Å². The highest BCUT2D eigenvalue weighted by Gasteiger charge is 2.43. The van der Waals surface area contributed by atoms with E-state index in [0.717, 1.165) is 10.4 Å². The second kappa shape index (κ2) is 8.55. The number of aliphatic hydroxyl groups is 1. The van der Waals surface area contributed by atoms with E-state index in [2.05, 4.69) is 20.3 Å². The van der Waals surface area contributed by atoms with Crippen LogP contribution in [0, 0.1) is 31.5 Å². The van der Waals surface area contributed by atoms with Gasteiger partial charge in [-0.15, -0.1) is 11.3 Å². The monoisotopic (exact) mass is 456 g/mol. The minimum atomic E-state index is -1.13. The summed E-state index contributed by atoms with van der Waals surface area (Å²) in [6.07, 6.45) is 4.01. The second-order valence-corrected chi connectivity index (χ2v) is 9.62. The van der Waals surface area contributed by atoms with Crippen LogP contribution in [-0.2, 0) is 10.4 Å². The molecule has 7 nitrogen and oxygen atoms in total. The van der Waals surface area contributed by atoms with Crippen molar-refractivity contribution in [1.82, 2.24) is 15.0 Å². The number of carboxylic acid groups (broad SMARTS) is 1. The lowest BCUT2D eigenvalue weighted by molar-refractivity contribution is -0.148. The summed E-state index contributed by atoms with van der Waals surface area (Å²) < 4.78 is 13.5. The molecule has 3 aromatic heterocycles. The highest BCUT2D eigenvalue weighted by atomic mass is 32.1. The molecule has 0 amide bonds. The standard InChI is InChI=1S/C23H25FN4O3S/c1-12-6-17(27-20(7-12)28-19-8-13(2)16(24)10-25-19)18-11-26-22(32-18)23(31)5-4-15(21(29)30)14(3)9-23/h6-8,10-11,14-15,31H,4-5,9H2,1-3H3,(H,29,30)(H,25,27,28)/t14-,15?,23-/m1/s1. The number of hydrogen-bond acceptors (Lipinski definition) is 7. The molecule has 1 saturated carbocycles. The van der Waals surface area contributed by atoms with Crippen molar-refractivity contribution in [2.24, 2.45) is 11.8 Å². The average molecular weight is 457 g/mol. The Morgan fingerprint density at radius 3 is 2.69 bits per heavy atom. The number of nitrogens with one attached hydrogen (secondary N) is 1. The number of hydrogen-bond donors (Lipinski definition) is 3. The van der Waals surface area contributed by atoms with Crippen molar-refractivity contribution in [3.8, 4) is 10.6 Å². The van der Waals surface area contributed by atoms with Gasteiger partial charge in [-0.1, -0.05) is 6.92 Å². The molecule has 0 saturated heterocycles. The van der Waals surface area contributed by atoms with E-state index in [9.17, 15) is 19.4 Å². The van der Waals surface area contributed by atoms with E-state index in [1.807, 2.05) is 26.0 Å². The number of anilines is 2. The third-order valence-corrected chi connectivity index (χ3v) is 7.17. The number of carbonyl (C=O) groups is 1. The van der Waals surface area contributed by atoms with Gasteiger partial charge < -0.3 is 15.5 Å². The molecular formula is C23H25FN4O3S. The first-order valence-electron chi connectivity index (χ1n) is 10.4. The molecule has 9 heteroatoms. The van der Waals surface area contributed by atoms with Crippen LogP contribution in [0.1, 0.15) is 42.3 Å². The van der Waals surface area contributed by atoms with Gasteiger partial charge in [0.05, 0.1) is 22.7 Å². The van der Waals surface area contributed by atoms with E-state index in [1.54, 1.807) is 19.2 Å². The molecule has 1 fully saturated rings. The molecule has 0 spiro atoms. The van der Waals surface area contributed by atoms with Gasteiger partial charge in [0, 0.05) is 6.20 Å². The van der Waals surface area contributed by atoms with Crippen LogP contribution in [0.25, 0.3) is 10.6 Å². The minimum Gasteiger partial charge on any atom is -0.481 e. The van der Waals surface area contributed by atoms with Gasteiger partial charge in [-0.05, 0) is 68.4 Å². The molecule has 1 unspecified atom stereocenters. The fourth-order valence-electron chi connectivity index (χ4n) is 4.22. The number of nitrogens with zero attached hydrogens (tertiary/aromatic N) is 3. The summed E-state index contributed by atoms with van der Waals surface area (Å²) in [5.41, 5.74) is 1.03. The van der Waals surface area contributed by atoms with Crippen molar-refractivity contribution in [2.75, 3.05) is 5.32 Å². The van der Waals surface area contributed by atoms with Gasteiger partial charge in [0.15, 0.2) is 0 Å². The van der Waals surface area contributed by atoms with Crippen molar-refractivity contribution in [3.05, 3.63) is 52.5 Å². The van der Waals surface area contributed by atoms with Crippen molar-refractivity contribution >= 4 is 28.9 Å². The number of pyridine rings is 2. The lowest BCUT2D eigenvalue weighted by Gasteiger charge is -2.37. The number of halogens is 1. The van der Waals surface area contributed by atoms with Gasteiger partial charge in [0.25, 0.3) is 0 Å². The predicted octanol–water partition coefficient (Wildman–Crippen LogP) is 4.81. The minimum absolute atomic E-state index is 0.141. The highest BCUT2D eigenvalue weighted by molar-refractivity contribution is 7.15. The molecule has 32 heavy (non-hydrogen) atoms. The molecule has 3 aromatic rings. The Morgan fingerprint density at radius 2 is 2.00 bits per heavy atom. The Morgan fingerprint density at radius 1 is 1.22 bits per heavy atom. The van der Waals surface area contributed by atoms with Crippen molar-refractivity contribution in [3.63, 3.8) is 0 Å². The second-order valence-electron chi connectivity index (χ2n) is 8.58. The molecule has 0 aromatic carbocycles. The lowest BCUT2D eigenvalue weighted by atomic mass is 9.72. The van der Waals surface area contributed by atoms with Crippen LogP contribution < -0.4 is 5.32 Å². The van der Waals surface area contributed by atoms with E-state index in [4.69, 9.17) is 0 Å². The third kappa shape index (κ3) is 4.49. The topological polar surface area (TPSA) is 108 Å². The molecule has 3 heterocycles. The Hall–Kier alpha value is -2.91. The van der Waals surface area contributed by atoms with Gasteiger partial charge in [-0.2, -0.15) is 0 Å². The van der Waals surface area contributed by atoms with Crippen molar-refractivity contribution in [1.29, 1.82) is 0 Å². The molecular weight excluding hydrogens is 431 g/mol. The van der Waals surface area contributed by atoms with E-state index in [1.165, 1.54) is 17.5 Å². The molecule has 0 radical (unpaired) electrons. The van der Waals surface area contributed by atoms with E-state index in [0.29, 0.717) is 47.2 Å². The Labute approximate surface area is 189 Å². The number of carboxylic acids is 1. The number of aryl methyl sites for hydroxylation is 2. The zero-order valence-electron chi connectivity index (χ0n) is 18.1. The van der Waals surface area contributed by atoms with Crippen LogP contribution in [0.4, 0.5) is 16.0 Å². The molecule has 3 N–H and O–H groups in total. The molecule has 1 aliphatic carbocycles. The maximum Gasteiger partial charge on any atom is 0.306 e. The van der Waals surface area contributed by atoms with Crippen molar-refractivity contribution in [2.45, 2.75) is 45.6 Å². The predicted molar refractivity (Wildman–Crippen MR) is 120 cm³/mol. The maximum atomic E-state index is 13.5. The molecule has 0 bridgehead atoms. The number of rotatable bonds is 5. The summed E-state index contributed by atoms with van der Waals surface area (Å²) in [5.74, 6) is -0.688. The number of thiazole rings is 1. The van der Waals surface area contributed by atoms with Gasteiger partial charge in [0.1, 0.15) is 28.1 Å². The average Bonchev–Trinajstić information content (AvgIpc) is 3.21. The summed E-state index contributed by atoms with van der Waals surface area (Å²) in [6, 6.07) is 5.42. The normalized spacial score (nSPS) is 23.2. The first-order valence-corrected chi connectivity index (χ1v) is 11.3. The van der Waals surface area contributed by atoms with Gasteiger partial charge in [-0.3, -0.25) is 4.79 Å². The highest BCUT2D eigenvalue weighted by Crippen LogP contribution is 2.45. The molecule has 3 atom stereocenters. The summed E-state index contributed by atoms with van der Waals surface area (Å²) in [6.45, 7) is 5.48. The van der Waals surface area contributed by atoms with E-state index < -0.39 is 17.5 Å². The smallest absolute Gasteiger partial charge is 0.306 e. The van der Waals surface area contributed by atoms with Crippen LogP contribution in [0.15, 0.2) is 30.6 Å². The Bertz CT molecular complexity index is 1170. The Balaban J connectivity index is 1.57. The van der Waals surface area contributed by atoms with Gasteiger partial charge in [-0.25, -0.2) is 19.3 Å². The van der Waals surface area contributed by atoms with Crippen LogP contribution in [-0.4, -0.2) is 31.1 Å². The van der Waals surface area contributed by atoms with Crippen LogP contribution in [0.2, 0.25) is 0 Å². The largest absolute Gasteiger partial charge is 0.481 e. The maximum absolute atomic E-state index is 13.5. The first-order chi connectivity index (χ1) is 15.1. The number of aromatic nitrogens is 3. The fraction of sp³-hybridized carbons (Fsp3) is 0.391. The summed E-state index contributed by atoms with van der Waals surface area (Å²) in [4.78, 5) is 25.4. The Kier molecular flexibility index (Phi) is 5.96. The summed E-state index contributed by atoms with van der Waals surface area (Å²) >= 11 is 1.37. The quantitative estimate of drug-likeness (QED) is 0.506. The van der Waals surface area contributed by atoms with Crippen LogP contribution >= 0.6 is 11.3 Å². The molecule has 4 rings (SSSR count).